The van der Waals surface area contributed by atoms with E-state index in [9.17, 15) is 8.42 Å². The Morgan fingerprint density at radius 2 is 2.10 bits per heavy atom. The predicted molar refractivity (Wildman–Crippen MR) is 111 cm³/mol. The van der Waals surface area contributed by atoms with Crippen molar-refractivity contribution >= 4 is 27.6 Å². The Morgan fingerprint density at radius 1 is 1.31 bits per heavy atom. The van der Waals surface area contributed by atoms with Crippen LogP contribution in [-0.4, -0.2) is 68.0 Å². The largest absolute Gasteiger partial charge is 0.364 e. The number of aliphatic imine (C=N–C) groups is 1. The van der Waals surface area contributed by atoms with E-state index < -0.39 is 10.0 Å². The van der Waals surface area contributed by atoms with Crippen molar-refractivity contribution in [3.8, 4) is 0 Å². The molecule has 1 aliphatic carbocycles. The molecule has 0 bridgehead atoms. The van der Waals surface area contributed by atoms with Crippen LogP contribution in [0.5, 0.6) is 0 Å². The molecular weight excluding hydrogens is 414 g/mol. The predicted octanol–water partition coefficient (Wildman–Crippen LogP) is 1.91. The van der Waals surface area contributed by atoms with E-state index in [1.165, 1.54) is 16.1 Å². The van der Waals surface area contributed by atoms with Crippen molar-refractivity contribution in [3.05, 3.63) is 52.9 Å². The van der Waals surface area contributed by atoms with E-state index >= 15 is 0 Å². The molecule has 2 aromatic rings. The van der Waals surface area contributed by atoms with E-state index in [-0.39, 0.29) is 5.75 Å². The van der Waals surface area contributed by atoms with Crippen LogP contribution >= 0.6 is 11.6 Å². The highest BCUT2D eigenvalue weighted by molar-refractivity contribution is 7.88. The molecule has 4 rings (SSSR count). The van der Waals surface area contributed by atoms with E-state index in [1.54, 1.807) is 13.1 Å². The van der Waals surface area contributed by atoms with Crippen LogP contribution in [0.4, 0.5) is 0 Å². The average molecular weight is 438 g/mol. The van der Waals surface area contributed by atoms with Gasteiger partial charge in [-0.2, -0.15) is 4.31 Å². The highest BCUT2D eigenvalue weighted by Crippen LogP contribution is 2.41. The fourth-order valence-electron chi connectivity index (χ4n) is 3.69. The van der Waals surface area contributed by atoms with Gasteiger partial charge in [0.2, 0.25) is 10.0 Å². The van der Waals surface area contributed by atoms with Gasteiger partial charge in [0.15, 0.2) is 5.96 Å². The van der Waals surface area contributed by atoms with Gasteiger partial charge >= 0.3 is 0 Å². The van der Waals surface area contributed by atoms with Gasteiger partial charge in [-0.25, -0.2) is 8.42 Å². The number of sulfonamides is 1. The molecule has 10 heteroatoms. The maximum atomic E-state index is 12.6. The molecule has 2 unspecified atom stereocenters. The number of piperazine rings is 1. The number of rotatable bonds is 5. The fraction of sp³-hybridized carbons (Fsp3) is 0.474. The summed E-state index contributed by atoms with van der Waals surface area (Å²) in [6, 6.07) is 9.85. The van der Waals surface area contributed by atoms with Gasteiger partial charge in [-0.3, -0.25) is 4.99 Å². The van der Waals surface area contributed by atoms with Crippen LogP contribution in [0.3, 0.4) is 0 Å². The summed E-state index contributed by atoms with van der Waals surface area (Å²) in [5, 5.41) is 7.96. The molecule has 1 aliphatic heterocycles. The lowest BCUT2D eigenvalue weighted by Gasteiger charge is -2.35. The molecule has 0 spiro atoms. The van der Waals surface area contributed by atoms with E-state index in [0.29, 0.717) is 43.8 Å². The molecular formula is C19H24ClN5O3S. The second-order valence-electron chi connectivity index (χ2n) is 7.33. The number of nitrogens with one attached hydrogen (secondary N) is 1. The third-order valence-corrected chi connectivity index (χ3v) is 7.39. The number of guanidine groups is 1. The maximum Gasteiger partial charge on any atom is 0.220 e. The minimum atomic E-state index is -3.41. The Hall–Kier alpha value is -2.10. The van der Waals surface area contributed by atoms with E-state index in [0.717, 1.165) is 17.4 Å². The summed E-state index contributed by atoms with van der Waals surface area (Å²) < 4.78 is 31.4. The maximum absolute atomic E-state index is 12.6. The summed E-state index contributed by atoms with van der Waals surface area (Å²) in [6.45, 7) is 2.02. The molecule has 1 saturated heterocycles. The normalized spacial score (nSPS) is 23.2. The van der Waals surface area contributed by atoms with Crippen LogP contribution in [0.25, 0.3) is 0 Å². The fourth-order valence-corrected chi connectivity index (χ4v) is 5.32. The molecule has 2 aliphatic rings. The van der Waals surface area contributed by atoms with Crippen LogP contribution < -0.4 is 5.32 Å². The van der Waals surface area contributed by atoms with Crippen molar-refractivity contribution in [2.24, 2.45) is 4.99 Å². The topological polar surface area (TPSA) is 91.0 Å². The first kappa shape index (κ1) is 20.2. The minimum Gasteiger partial charge on any atom is -0.364 e. The van der Waals surface area contributed by atoms with Crippen LogP contribution in [0, 0.1) is 0 Å². The standard InChI is InChI=1S/C19H24ClN5O3S/c1-21-19(22-18-12-17(18)14-3-2-4-15(20)11-14)24-6-8-25(9-7-24)29(26,27)13-16-5-10-28-23-16/h2-5,10-11,17-18H,6-9,12-13H2,1H3,(H,21,22). The second kappa shape index (κ2) is 8.33. The summed E-state index contributed by atoms with van der Waals surface area (Å²) in [5.74, 6) is 1.10. The molecule has 156 valence electrons. The van der Waals surface area contributed by atoms with E-state index in [4.69, 9.17) is 16.1 Å². The summed E-state index contributed by atoms with van der Waals surface area (Å²) in [7, 11) is -1.65. The smallest absolute Gasteiger partial charge is 0.220 e. The second-order valence-corrected chi connectivity index (χ2v) is 9.73. The zero-order valence-electron chi connectivity index (χ0n) is 16.2. The van der Waals surface area contributed by atoms with E-state index in [1.807, 2.05) is 18.2 Å². The quantitative estimate of drug-likeness (QED) is 0.567. The van der Waals surface area contributed by atoms with Crippen molar-refractivity contribution in [1.82, 2.24) is 19.7 Å². The minimum absolute atomic E-state index is 0.139. The van der Waals surface area contributed by atoms with Gasteiger partial charge in [0, 0.05) is 56.3 Å². The summed E-state index contributed by atoms with van der Waals surface area (Å²) in [6.07, 6.45) is 2.42. The highest BCUT2D eigenvalue weighted by atomic mass is 35.5. The SMILES string of the molecule is CN=C(NC1CC1c1cccc(Cl)c1)N1CCN(S(=O)(=O)Cc2ccon2)CC1. The first-order valence-electron chi connectivity index (χ1n) is 9.57. The summed E-state index contributed by atoms with van der Waals surface area (Å²) in [5.41, 5.74) is 1.65. The molecule has 8 nitrogen and oxygen atoms in total. The summed E-state index contributed by atoms with van der Waals surface area (Å²) >= 11 is 6.10. The van der Waals surface area contributed by atoms with Crippen LogP contribution in [0.1, 0.15) is 23.6 Å². The lowest BCUT2D eigenvalue weighted by atomic mass is 10.1. The molecule has 0 amide bonds. The van der Waals surface area contributed by atoms with Gasteiger partial charge in [-0.05, 0) is 24.1 Å². The molecule has 2 fully saturated rings. The van der Waals surface area contributed by atoms with Crippen LogP contribution in [-0.2, 0) is 15.8 Å². The van der Waals surface area contributed by atoms with Crippen molar-refractivity contribution in [2.75, 3.05) is 33.2 Å². The Balaban J connectivity index is 1.31. The van der Waals surface area contributed by atoms with E-state index in [2.05, 4.69) is 26.4 Å². The number of nitrogens with zero attached hydrogens (tertiary/aromatic N) is 4. The Morgan fingerprint density at radius 3 is 2.76 bits per heavy atom. The van der Waals surface area contributed by atoms with Crippen molar-refractivity contribution in [3.63, 3.8) is 0 Å². The number of hydrogen-bond acceptors (Lipinski definition) is 5. The van der Waals surface area contributed by atoms with Crippen LogP contribution in [0.2, 0.25) is 5.02 Å². The molecule has 1 aromatic carbocycles. The van der Waals surface area contributed by atoms with Gasteiger partial charge in [0.25, 0.3) is 0 Å². The molecule has 2 heterocycles. The lowest BCUT2D eigenvalue weighted by molar-refractivity contribution is 0.259. The first-order chi connectivity index (χ1) is 14.0. The van der Waals surface area contributed by atoms with Gasteiger partial charge < -0.3 is 14.7 Å². The Kier molecular flexibility index (Phi) is 5.80. The lowest BCUT2D eigenvalue weighted by Crippen LogP contribution is -2.54. The zero-order valence-corrected chi connectivity index (χ0v) is 17.7. The molecule has 1 N–H and O–H groups in total. The average Bonchev–Trinajstić information content (AvgIpc) is 3.31. The Bertz CT molecular complexity index is 971. The molecule has 1 saturated carbocycles. The van der Waals surface area contributed by atoms with Gasteiger partial charge in [0.1, 0.15) is 12.0 Å². The van der Waals surface area contributed by atoms with Crippen molar-refractivity contribution in [1.29, 1.82) is 0 Å². The van der Waals surface area contributed by atoms with Gasteiger partial charge in [-0.1, -0.05) is 28.9 Å². The molecule has 2 atom stereocenters. The van der Waals surface area contributed by atoms with Crippen molar-refractivity contribution in [2.45, 2.75) is 24.1 Å². The number of benzene rings is 1. The van der Waals surface area contributed by atoms with Gasteiger partial charge in [-0.15, -0.1) is 0 Å². The monoisotopic (exact) mass is 437 g/mol. The third-order valence-electron chi connectivity index (χ3n) is 5.35. The number of aromatic nitrogens is 1. The first-order valence-corrected chi connectivity index (χ1v) is 11.6. The number of halogens is 1. The highest BCUT2D eigenvalue weighted by Gasteiger charge is 2.40. The van der Waals surface area contributed by atoms with Crippen molar-refractivity contribution < 1.29 is 12.9 Å². The number of hydrogen-bond donors (Lipinski definition) is 1. The van der Waals surface area contributed by atoms with Gasteiger partial charge in [0.05, 0.1) is 5.69 Å². The molecule has 1 aromatic heterocycles. The zero-order chi connectivity index (χ0) is 20.4. The van der Waals surface area contributed by atoms with Crippen LogP contribution in [0.15, 0.2) is 46.1 Å². The molecule has 0 radical (unpaired) electrons. The summed E-state index contributed by atoms with van der Waals surface area (Å²) in [4.78, 5) is 6.51. The Labute approximate surface area is 175 Å². The third kappa shape index (κ3) is 4.73. The molecule has 29 heavy (non-hydrogen) atoms.